The largest absolute Gasteiger partial charge is 0.389 e. The molecule has 0 saturated carbocycles. The van der Waals surface area contributed by atoms with Crippen LogP contribution in [0.5, 0.6) is 0 Å². The van der Waals surface area contributed by atoms with Crippen molar-refractivity contribution in [1.29, 1.82) is 5.26 Å². The van der Waals surface area contributed by atoms with E-state index >= 15 is 0 Å². The first-order valence-electron chi connectivity index (χ1n) is 4.48. The molecule has 0 aliphatic carbocycles. The predicted molar refractivity (Wildman–Crippen MR) is 53.0 cm³/mol. The van der Waals surface area contributed by atoms with Crippen molar-refractivity contribution in [3.63, 3.8) is 0 Å². The Balaban J connectivity index is 2.96. The van der Waals surface area contributed by atoms with Gasteiger partial charge in [-0.1, -0.05) is 0 Å². The summed E-state index contributed by atoms with van der Waals surface area (Å²) in [4.78, 5) is 13.3. The number of aliphatic hydroxyl groups excluding tert-OH is 2. The summed E-state index contributed by atoms with van der Waals surface area (Å²) in [6, 6.07) is 3.10. The zero-order chi connectivity index (χ0) is 11.4. The Morgan fingerprint density at radius 3 is 2.80 bits per heavy atom. The van der Waals surface area contributed by atoms with Gasteiger partial charge in [-0.25, -0.2) is 0 Å². The van der Waals surface area contributed by atoms with E-state index in [-0.39, 0.29) is 12.0 Å². The number of aromatic amines is 1. The minimum Gasteiger partial charge on any atom is -0.389 e. The van der Waals surface area contributed by atoms with Crippen molar-refractivity contribution in [2.75, 3.05) is 0 Å². The molecular weight excluding hydrogens is 196 g/mol. The molecule has 0 radical (unpaired) electrons. The lowest BCUT2D eigenvalue weighted by Gasteiger charge is -2.16. The molecule has 80 valence electrons. The smallest absolute Gasteiger partial charge is 0.248 e. The summed E-state index contributed by atoms with van der Waals surface area (Å²) >= 11 is 0. The number of nitrogens with zero attached hydrogens (tertiary/aromatic N) is 1. The van der Waals surface area contributed by atoms with Crippen molar-refractivity contribution < 1.29 is 10.2 Å². The van der Waals surface area contributed by atoms with Gasteiger partial charge in [-0.2, -0.15) is 5.26 Å². The van der Waals surface area contributed by atoms with E-state index in [1.807, 2.05) is 0 Å². The summed E-state index contributed by atoms with van der Waals surface area (Å²) < 4.78 is 0. The van der Waals surface area contributed by atoms with Crippen LogP contribution in [0.15, 0.2) is 17.1 Å². The van der Waals surface area contributed by atoms with Crippen molar-refractivity contribution >= 4 is 0 Å². The molecule has 3 N–H and O–H groups in total. The van der Waals surface area contributed by atoms with Crippen molar-refractivity contribution in [3.05, 3.63) is 33.7 Å². The molecule has 0 fully saturated rings. The van der Waals surface area contributed by atoms with Gasteiger partial charge >= 0.3 is 0 Å². The number of nitrogens with one attached hydrogen (secondary N) is 1. The molecule has 1 aromatic rings. The van der Waals surface area contributed by atoms with Crippen LogP contribution in [0.3, 0.4) is 0 Å². The normalized spacial score (nSPS) is 14.3. The lowest BCUT2D eigenvalue weighted by atomic mass is 10.0. The van der Waals surface area contributed by atoms with Crippen LogP contribution >= 0.6 is 0 Å². The van der Waals surface area contributed by atoms with E-state index in [9.17, 15) is 15.0 Å². The number of aryl methyl sites for hydroxylation is 1. The monoisotopic (exact) mass is 208 g/mol. The van der Waals surface area contributed by atoms with Crippen molar-refractivity contribution in [1.82, 2.24) is 4.98 Å². The van der Waals surface area contributed by atoms with Gasteiger partial charge < -0.3 is 15.2 Å². The van der Waals surface area contributed by atoms with E-state index in [1.54, 1.807) is 13.0 Å². The zero-order valence-electron chi connectivity index (χ0n) is 8.27. The van der Waals surface area contributed by atoms with Crippen molar-refractivity contribution in [3.8, 4) is 6.07 Å². The molecule has 15 heavy (non-hydrogen) atoms. The number of hydrogen-bond acceptors (Lipinski definition) is 4. The number of H-pyrrole nitrogens is 1. The first-order chi connectivity index (χ1) is 7.06. The van der Waals surface area contributed by atoms with E-state index in [0.29, 0.717) is 11.1 Å². The lowest BCUT2D eigenvalue weighted by molar-refractivity contribution is 0.0210. The number of rotatable bonds is 3. The Kier molecular flexibility index (Phi) is 3.61. The quantitative estimate of drug-likeness (QED) is 0.650. The third-order valence-corrected chi connectivity index (χ3v) is 2.16. The second-order valence-electron chi connectivity index (χ2n) is 3.31. The van der Waals surface area contributed by atoms with E-state index in [2.05, 4.69) is 4.98 Å². The van der Waals surface area contributed by atoms with Crippen LogP contribution in [0.1, 0.15) is 23.7 Å². The van der Waals surface area contributed by atoms with Gasteiger partial charge in [0.05, 0.1) is 18.6 Å². The third-order valence-electron chi connectivity index (χ3n) is 2.16. The molecule has 1 heterocycles. The highest BCUT2D eigenvalue weighted by molar-refractivity contribution is 5.24. The van der Waals surface area contributed by atoms with Gasteiger partial charge in [-0.3, -0.25) is 4.79 Å². The number of hydrogen-bond donors (Lipinski definition) is 3. The maximum atomic E-state index is 10.9. The fourth-order valence-electron chi connectivity index (χ4n) is 1.32. The third kappa shape index (κ3) is 2.65. The summed E-state index contributed by atoms with van der Waals surface area (Å²) in [6.45, 7) is 1.66. The van der Waals surface area contributed by atoms with Gasteiger partial charge in [0.25, 0.3) is 0 Å². The topological polar surface area (TPSA) is 97.1 Å². The Morgan fingerprint density at radius 2 is 2.27 bits per heavy atom. The highest BCUT2D eigenvalue weighted by Crippen LogP contribution is 2.20. The average molecular weight is 208 g/mol. The zero-order valence-corrected chi connectivity index (χ0v) is 8.27. The lowest BCUT2D eigenvalue weighted by Crippen LogP contribution is -2.20. The molecule has 2 atom stereocenters. The Hall–Kier alpha value is -1.64. The maximum Gasteiger partial charge on any atom is 0.248 e. The molecule has 1 rings (SSSR count). The molecular formula is C10H12N2O3. The van der Waals surface area contributed by atoms with Gasteiger partial charge in [0.1, 0.15) is 6.10 Å². The van der Waals surface area contributed by atoms with Crippen LogP contribution in [-0.2, 0) is 0 Å². The average Bonchev–Trinajstić information content (AvgIpc) is 2.17. The van der Waals surface area contributed by atoms with Crippen LogP contribution in [0, 0.1) is 18.3 Å². The summed E-state index contributed by atoms with van der Waals surface area (Å²) in [5.41, 5.74) is 0.749. The van der Waals surface area contributed by atoms with Gasteiger partial charge in [0.2, 0.25) is 5.56 Å². The maximum absolute atomic E-state index is 10.9. The second-order valence-corrected chi connectivity index (χ2v) is 3.31. The highest BCUT2D eigenvalue weighted by Gasteiger charge is 2.19. The Bertz CT molecular complexity index is 433. The Labute approximate surface area is 86.6 Å². The summed E-state index contributed by atoms with van der Waals surface area (Å²) in [5.74, 6) is 0. The molecule has 0 aromatic carbocycles. The SMILES string of the molecule is Cc1cc(=O)[nH]cc1C(O)C(O)CC#N. The summed E-state index contributed by atoms with van der Waals surface area (Å²) in [6.07, 6.45) is -1.09. The van der Waals surface area contributed by atoms with Crippen LogP contribution in [0.2, 0.25) is 0 Å². The molecule has 2 unspecified atom stereocenters. The van der Waals surface area contributed by atoms with E-state index < -0.39 is 12.2 Å². The molecule has 0 saturated heterocycles. The van der Waals surface area contributed by atoms with Crippen LogP contribution in [0.4, 0.5) is 0 Å². The molecule has 0 aliphatic heterocycles. The predicted octanol–water partition coefficient (Wildman–Crippen LogP) is -0.00870. The molecule has 0 bridgehead atoms. The minimum absolute atomic E-state index is 0.153. The molecule has 5 heteroatoms. The van der Waals surface area contributed by atoms with E-state index in [4.69, 9.17) is 5.26 Å². The number of pyridine rings is 1. The standard InChI is InChI=1S/C10H12N2O3/c1-6-4-9(14)12-5-7(6)10(15)8(13)2-3-11/h4-5,8,10,13,15H,2H2,1H3,(H,12,14). The van der Waals surface area contributed by atoms with Gasteiger partial charge in [-0.15, -0.1) is 0 Å². The van der Waals surface area contributed by atoms with Crippen LogP contribution in [0.25, 0.3) is 0 Å². The number of aromatic nitrogens is 1. The summed E-state index contributed by atoms with van der Waals surface area (Å²) in [5, 5.41) is 27.4. The van der Waals surface area contributed by atoms with E-state index in [1.165, 1.54) is 12.3 Å². The highest BCUT2D eigenvalue weighted by atomic mass is 16.3. The molecule has 5 nitrogen and oxygen atoms in total. The molecule has 0 amide bonds. The van der Waals surface area contributed by atoms with Crippen LogP contribution in [-0.4, -0.2) is 21.3 Å². The minimum atomic E-state index is -1.15. The second kappa shape index (κ2) is 4.73. The first kappa shape index (κ1) is 11.4. The van der Waals surface area contributed by atoms with E-state index in [0.717, 1.165) is 0 Å². The number of nitriles is 1. The summed E-state index contributed by atoms with van der Waals surface area (Å²) in [7, 11) is 0. The van der Waals surface area contributed by atoms with Gasteiger partial charge in [0.15, 0.2) is 0 Å². The first-order valence-corrected chi connectivity index (χ1v) is 4.48. The van der Waals surface area contributed by atoms with Crippen molar-refractivity contribution in [2.45, 2.75) is 25.6 Å². The van der Waals surface area contributed by atoms with Crippen LogP contribution < -0.4 is 5.56 Å². The van der Waals surface area contributed by atoms with Gasteiger partial charge in [0, 0.05) is 17.8 Å². The molecule has 0 spiro atoms. The number of aliphatic hydroxyl groups is 2. The fraction of sp³-hybridized carbons (Fsp3) is 0.400. The molecule has 1 aromatic heterocycles. The fourth-order valence-corrected chi connectivity index (χ4v) is 1.32. The Morgan fingerprint density at radius 1 is 1.60 bits per heavy atom. The van der Waals surface area contributed by atoms with Crippen molar-refractivity contribution in [2.24, 2.45) is 0 Å². The molecule has 0 aliphatic rings. The van der Waals surface area contributed by atoms with Gasteiger partial charge in [-0.05, 0) is 12.5 Å².